The quantitative estimate of drug-likeness (QED) is 0.474. The van der Waals surface area contributed by atoms with E-state index in [0.717, 1.165) is 11.1 Å². The maximum absolute atomic E-state index is 12.0. The lowest BCUT2D eigenvalue weighted by Gasteiger charge is -2.37. The Morgan fingerprint density at radius 1 is 1.14 bits per heavy atom. The van der Waals surface area contributed by atoms with Gasteiger partial charge in [-0.25, -0.2) is 0 Å². The van der Waals surface area contributed by atoms with Crippen LogP contribution in [0.2, 0.25) is 0 Å². The van der Waals surface area contributed by atoms with E-state index in [0.29, 0.717) is 0 Å². The van der Waals surface area contributed by atoms with Gasteiger partial charge in [0.2, 0.25) is 0 Å². The van der Waals surface area contributed by atoms with Gasteiger partial charge in [0.1, 0.15) is 18.3 Å². The number of ether oxygens (including phenoxy) is 1. The summed E-state index contributed by atoms with van der Waals surface area (Å²) in [5.74, 6) is -0.690. The zero-order valence-electron chi connectivity index (χ0n) is 11.8. The van der Waals surface area contributed by atoms with Crippen molar-refractivity contribution in [2.45, 2.75) is 37.3 Å². The number of nitrogens with one attached hydrogen (secondary N) is 1. The number of amides is 1. The van der Waals surface area contributed by atoms with Crippen LogP contribution >= 0.6 is 0 Å². The second kappa shape index (κ2) is 6.99. The molecule has 5 N–H and O–H groups in total. The highest BCUT2D eigenvalue weighted by Gasteiger charge is 2.46. The summed E-state index contributed by atoms with van der Waals surface area (Å²) in [6.07, 6.45) is -6.44. The summed E-state index contributed by atoms with van der Waals surface area (Å²) < 4.78 is 4.84. The lowest BCUT2D eigenvalue weighted by Crippen LogP contribution is -2.61. The first kappa shape index (κ1) is 16.6. The maximum Gasteiger partial charge on any atom is 0.252 e. The second-order valence-corrected chi connectivity index (χ2v) is 5.08. The Labute approximate surface area is 127 Å². The molecule has 22 heavy (non-hydrogen) atoms. The fraction of sp³-hybridized carbons (Fsp3) is 0.400. The van der Waals surface area contributed by atoms with Gasteiger partial charge in [-0.1, -0.05) is 36.9 Å². The zero-order chi connectivity index (χ0) is 16.3. The molecule has 7 heteroatoms. The van der Waals surface area contributed by atoms with Gasteiger partial charge in [-0.3, -0.25) is 4.79 Å². The minimum Gasteiger partial charge on any atom is -0.387 e. The molecule has 120 valence electrons. The molecule has 7 nitrogen and oxygen atoms in total. The molecule has 1 heterocycles. The fourth-order valence-electron chi connectivity index (χ4n) is 2.14. The van der Waals surface area contributed by atoms with E-state index in [1.54, 1.807) is 6.08 Å². The Morgan fingerprint density at radius 3 is 2.36 bits per heavy atom. The van der Waals surface area contributed by atoms with E-state index < -0.39 is 36.6 Å². The van der Waals surface area contributed by atoms with E-state index in [1.165, 1.54) is 0 Å². The van der Waals surface area contributed by atoms with Crippen LogP contribution in [-0.4, -0.2) is 57.0 Å². The van der Waals surface area contributed by atoms with Crippen molar-refractivity contribution < 1.29 is 30.0 Å². The topological polar surface area (TPSA) is 119 Å². The van der Waals surface area contributed by atoms with E-state index in [2.05, 4.69) is 11.9 Å². The number of carbonyl (C=O) groups excluding carboxylic acids is 1. The predicted octanol–water partition coefficient (Wildman–Crippen LogP) is -1.25. The van der Waals surface area contributed by atoms with Crippen LogP contribution in [0.15, 0.2) is 30.8 Å². The molecule has 0 spiro atoms. The molecule has 0 aromatic heterocycles. The molecular formula is C15H19NO6. The number of benzene rings is 1. The molecule has 1 aliphatic rings. The molecule has 5 atom stereocenters. The van der Waals surface area contributed by atoms with Gasteiger partial charge < -0.3 is 30.5 Å². The first-order valence-electron chi connectivity index (χ1n) is 6.81. The van der Waals surface area contributed by atoms with Crippen molar-refractivity contribution in [3.63, 3.8) is 0 Å². The first-order chi connectivity index (χ1) is 10.4. The molecule has 1 saturated heterocycles. The third-order valence-corrected chi connectivity index (χ3v) is 3.53. The number of aliphatic hydroxyl groups is 4. The number of aliphatic hydroxyl groups excluding tert-OH is 4. The molecule has 0 aliphatic carbocycles. The van der Waals surface area contributed by atoms with Gasteiger partial charge in [0.05, 0.1) is 0 Å². The SMILES string of the molecule is C=Cc1ccc(CNC(=O)[C@H]2OC(O)[C@H](O)[C@@H](O)[C@@H]2O)cc1. The average molecular weight is 309 g/mol. The Balaban J connectivity index is 1.95. The van der Waals surface area contributed by atoms with E-state index in [1.807, 2.05) is 24.3 Å². The van der Waals surface area contributed by atoms with E-state index in [9.17, 15) is 25.2 Å². The van der Waals surface area contributed by atoms with Crippen LogP contribution in [0.4, 0.5) is 0 Å². The molecule has 0 radical (unpaired) electrons. The molecular weight excluding hydrogens is 290 g/mol. The van der Waals surface area contributed by atoms with Gasteiger partial charge in [0.15, 0.2) is 12.4 Å². The molecule has 1 amide bonds. The molecule has 1 unspecified atom stereocenters. The summed E-state index contributed by atoms with van der Waals surface area (Å²) in [5, 5.41) is 40.6. The van der Waals surface area contributed by atoms with E-state index in [-0.39, 0.29) is 6.54 Å². The number of carbonyl (C=O) groups is 1. The molecule has 1 aromatic rings. The average Bonchev–Trinajstić information content (AvgIpc) is 2.54. The molecule has 0 saturated carbocycles. The van der Waals surface area contributed by atoms with Crippen LogP contribution in [-0.2, 0) is 16.1 Å². The monoisotopic (exact) mass is 309 g/mol. The van der Waals surface area contributed by atoms with E-state index >= 15 is 0 Å². The summed E-state index contributed by atoms with van der Waals surface area (Å²) in [4.78, 5) is 12.0. The van der Waals surface area contributed by atoms with Crippen molar-refractivity contribution in [2.75, 3.05) is 0 Å². The minimum absolute atomic E-state index is 0.192. The summed E-state index contributed by atoms with van der Waals surface area (Å²) in [6, 6.07) is 7.29. The van der Waals surface area contributed by atoms with Crippen LogP contribution in [0.3, 0.4) is 0 Å². The van der Waals surface area contributed by atoms with Crippen LogP contribution in [0, 0.1) is 0 Å². The standard InChI is InChI=1S/C15H19NO6/c1-2-8-3-5-9(6-4-8)7-16-14(20)13-11(18)10(17)12(19)15(21)22-13/h2-6,10-13,15,17-19,21H,1,7H2,(H,16,20)/t10-,11-,12+,13-,15?/m0/s1. The molecule has 1 aromatic carbocycles. The van der Waals surface area contributed by atoms with Crippen LogP contribution in [0.25, 0.3) is 6.08 Å². The molecule has 2 rings (SSSR count). The van der Waals surface area contributed by atoms with Gasteiger partial charge in [-0.2, -0.15) is 0 Å². The normalized spacial score (nSPS) is 31.5. The lowest BCUT2D eigenvalue weighted by atomic mass is 9.98. The third kappa shape index (κ3) is 3.52. The Bertz CT molecular complexity index is 531. The van der Waals surface area contributed by atoms with E-state index in [4.69, 9.17) is 4.74 Å². The number of hydrogen-bond acceptors (Lipinski definition) is 6. The summed E-state index contributed by atoms with van der Waals surface area (Å²) in [5.41, 5.74) is 1.77. The van der Waals surface area contributed by atoms with Gasteiger partial charge in [0, 0.05) is 6.54 Å². The number of hydrogen-bond donors (Lipinski definition) is 5. The Kier molecular flexibility index (Phi) is 5.28. The van der Waals surface area contributed by atoms with Crippen molar-refractivity contribution in [3.8, 4) is 0 Å². The minimum atomic E-state index is -1.74. The summed E-state index contributed by atoms with van der Waals surface area (Å²) in [6.45, 7) is 3.83. The maximum atomic E-state index is 12.0. The highest BCUT2D eigenvalue weighted by molar-refractivity contribution is 5.81. The van der Waals surface area contributed by atoms with Crippen LogP contribution < -0.4 is 5.32 Å². The summed E-state index contributed by atoms with van der Waals surface area (Å²) in [7, 11) is 0. The Morgan fingerprint density at radius 2 is 1.77 bits per heavy atom. The third-order valence-electron chi connectivity index (χ3n) is 3.53. The second-order valence-electron chi connectivity index (χ2n) is 5.08. The van der Waals surface area contributed by atoms with Crippen molar-refractivity contribution in [2.24, 2.45) is 0 Å². The van der Waals surface area contributed by atoms with Crippen molar-refractivity contribution in [1.29, 1.82) is 0 Å². The summed E-state index contributed by atoms with van der Waals surface area (Å²) >= 11 is 0. The molecule has 1 fully saturated rings. The lowest BCUT2D eigenvalue weighted by molar-refractivity contribution is -0.275. The van der Waals surface area contributed by atoms with Gasteiger partial charge in [0.25, 0.3) is 5.91 Å². The van der Waals surface area contributed by atoms with Gasteiger partial charge in [-0.15, -0.1) is 0 Å². The smallest absolute Gasteiger partial charge is 0.252 e. The fourth-order valence-corrected chi connectivity index (χ4v) is 2.14. The van der Waals surface area contributed by atoms with Gasteiger partial charge >= 0.3 is 0 Å². The highest BCUT2D eigenvalue weighted by atomic mass is 16.6. The Hall–Kier alpha value is -1.77. The highest BCUT2D eigenvalue weighted by Crippen LogP contribution is 2.20. The van der Waals surface area contributed by atoms with Crippen LogP contribution in [0.1, 0.15) is 11.1 Å². The molecule has 1 aliphatic heterocycles. The molecule has 0 bridgehead atoms. The van der Waals surface area contributed by atoms with Gasteiger partial charge in [-0.05, 0) is 11.1 Å². The first-order valence-corrected chi connectivity index (χ1v) is 6.81. The van der Waals surface area contributed by atoms with Crippen molar-refractivity contribution >= 4 is 12.0 Å². The van der Waals surface area contributed by atoms with Crippen molar-refractivity contribution in [3.05, 3.63) is 42.0 Å². The van der Waals surface area contributed by atoms with Crippen molar-refractivity contribution in [1.82, 2.24) is 5.32 Å². The number of rotatable bonds is 4. The largest absolute Gasteiger partial charge is 0.387 e. The zero-order valence-corrected chi connectivity index (χ0v) is 11.8. The predicted molar refractivity (Wildman–Crippen MR) is 77.3 cm³/mol. The van der Waals surface area contributed by atoms with Crippen LogP contribution in [0.5, 0.6) is 0 Å².